The Morgan fingerprint density at radius 2 is 1.79 bits per heavy atom. The lowest BCUT2D eigenvalue weighted by molar-refractivity contribution is -0.127. The van der Waals surface area contributed by atoms with E-state index >= 15 is 0 Å². The predicted molar refractivity (Wildman–Crippen MR) is 118 cm³/mol. The fourth-order valence-electron chi connectivity index (χ4n) is 3.96. The minimum atomic E-state index is -4.45. The van der Waals surface area contributed by atoms with Crippen molar-refractivity contribution in [2.75, 3.05) is 0 Å². The van der Waals surface area contributed by atoms with E-state index in [2.05, 4.69) is 9.97 Å². The monoisotopic (exact) mass is 470 g/mol. The maximum absolute atomic E-state index is 13.1. The molecule has 1 N–H and O–H groups in total. The van der Waals surface area contributed by atoms with Gasteiger partial charge in [-0.3, -0.25) is 4.98 Å². The molecule has 1 atom stereocenters. The highest BCUT2D eigenvalue weighted by molar-refractivity contribution is 6.36. The van der Waals surface area contributed by atoms with E-state index in [1.54, 1.807) is 54.1 Å². The number of hydrogen-bond donors (Lipinski definition) is 1. The Labute approximate surface area is 192 Å². The highest BCUT2D eigenvalue weighted by Crippen LogP contribution is 2.40. The van der Waals surface area contributed by atoms with Crippen LogP contribution in [0.2, 0.25) is 5.02 Å². The van der Waals surface area contributed by atoms with Gasteiger partial charge < -0.3 is 9.67 Å². The molecule has 5 nitrogen and oxygen atoms in total. The molecule has 0 bridgehead atoms. The molecule has 168 valence electrons. The highest BCUT2D eigenvalue weighted by Gasteiger charge is 2.37. The van der Waals surface area contributed by atoms with Crippen molar-refractivity contribution in [3.05, 3.63) is 93.7 Å². The standard InChI is InChI=1S/C24H18ClF3N4O/c1-14-19(10-23(26,27)28)22(25)18-9-17(7-8-20(18)31-14)24(33,21-12-30-13-32(21)2)16-5-3-15(11-29)4-6-16/h3-9,12-13,33H,10H2,1-2H3. The molecule has 2 aromatic carbocycles. The minimum Gasteiger partial charge on any atom is -0.374 e. The van der Waals surface area contributed by atoms with E-state index in [0.717, 1.165) is 0 Å². The molecule has 0 spiro atoms. The van der Waals surface area contributed by atoms with Crippen molar-refractivity contribution < 1.29 is 18.3 Å². The lowest BCUT2D eigenvalue weighted by atomic mass is 9.82. The Kier molecular flexibility index (Phi) is 5.64. The van der Waals surface area contributed by atoms with E-state index in [1.165, 1.54) is 19.4 Å². The summed E-state index contributed by atoms with van der Waals surface area (Å²) in [7, 11) is 1.72. The maximum atomic E-state index is 13.1. The number of nitrogens with zero attached hydrogens (tertiary/aromatic N) is 4. The molecule has 1 unspecified atom stereocenters. The topological polar surface area (TPSA) is 74.7 Å². The van der Waals surface area contributed by atoms with Crippen LogP contribution in [-0.4, -0.2) is 25.8 Å². The maximum Gasteiger partial charge on any atom is 0.393 e. The number of fused-ring (bicyclic) bond motifs is 1. The zero-order valence-electron chi connectivity index (χ0n) is 17.7. The molecule has 0 saturated carbocycles. The first-order valence-corrected chi connectivity index (χ1v) is 10.3. The molecule has 33 heavy (non-hydrogen) atoms. The number of rotatable bonds is 4. The van der Waals surface area contributed by atoms with Gasteiger partial charge in [0.05, 0.1) is 46.8 Å². The molecule has 0 amide bonds. The van der Waals surface area contributed by atoms with Crippen LogP contribution >= 0.6 is 11.6 Å². The van der Waals surface area contributed by atoms with Crippen molar-refractivity contribution in [2.45, 2.75) is 25.1 Å². The quantitative estimate of drug-likeness (QED) is 0.445. The average molecular weight is 471 g/mol. The summed E-state index contributed by atoms with van der Waals surface area (Å²) in [6, 6.07) is 13.3. The summed E-state index contributed by atoms with van der Waals surface area (Å²) in [5, 5.41) is 21.4. The molecule has 2 aromatic heterocycles. The van der Waals surface area contributed by atoms with Gasteiger partial charge in [0.25, 0.3) is 0 Å². The zero-order chi connectivity index (χ0) is 24.0. The molecule has 0 aliphatic heterocycles. The average Bonchev–Trinajstić information content (AvgIpc) is 3.21. The Hall–Kier alpha value is -3.41. The van der Waals surface area contributed by atoms with Crippen LogP contribution in [0.1, 0.15) is 33.6 Å². The van der Waals surface area contributed by atoms with Gasteiger partial charge in [-0.15, -0.1) is 0 Å². The predicted octanol–water partition coefficient (Wildman–Crippen LogP) is 5.19. The Morgan fingerprint density at radius 1 is 1.12 bits per heavy atom. The van der Waals surface area contributed by atoms with Gasteiger partial charge in [0.2, 0.25) is 0 Å². The second-order valence-electron chi connectivity index (χ2n) is 7.80. The van der Waals surface area contributed by atoms with E-state index in [1.807, 2.05) is 6.07 Å². The number of halogens is 4. The van der Waals surface area contributed by atoms with E-state index in [-0.39, 0.29) is 16.3 Å². The molecule has 0 aliphatic carbocycles. The molecular weight excluding hydrogens is 453 g/mol. The van der Waals surface area contributed by atoms with Gasteiger partial charge in [-0.2, -0.15) is 18.4 Å². The lowest BCUT2D eigenvalue weighted by Crippen LogP contribution is -2.31. The normalized spacial score (nSPS) is 13.6. The number of alkyl halides is 3. The summed E-state index contributed by atoms with van der Waals surface area (Å²) in [6.07, 6.45) is -2.61. The van der Waals surface area contributed by atoms with Crippen molar-refractivity contribution in [1.82, 2.24) is 14.5 Å². The molecule has 4 rings (SSSR count). The van der Waals surface area contributed by atoms with E-state index in [0.29, 0.717) is 33.3 Å². The van der Waals surface area contributed by atoms with Crippen LogP contribution in [-0.2, 0) is 19.1 Å². The van der Waals surface area contributed by atoms with Gasteiger partial charge in [-0.25, -0.2) is 4.98 Å². The van der Waals surface area contributed by atoms with E-state index in [4.69, 9.17) is 16.9 Å². The van der Waals surface area contributed by atoms with Crippen molar-refractivity contribution in [3.8, 4) is 6.07 Å². The molecule has 9 heteroatoms. The van der Waals surface area contributed by atoms with E-state index < -0.39 is 18.2 Å². The summed E-state index contributed by atoms with van der Waals surface area (Å²) < 4.78 is 41.0. The van der Waals surface area contributed by atoms with Gasteiger partial charge in [-0.1, -0.05) is 29.8 Å². The number of pyridine rings is 1. The second kappa shape index (κ2) is 8.18. The van der Waals surface area contributed by atoms with Crippen LogP contribution in [0.15, 0.2) is 55.0 Å². The van der Waals surface area contributed by atoms with Gasteiger partial charge in [0.1, 0.15) is 0 Å². The highest BCUT2D eigenvalue weighted by atomic mass is 35.5. The van der Waals surface area contributed by atoms with Crippen LogP contribution in [0.25, 0.3) is 10.9 Å². The van der Waals surface area contributed by atoms with Crippen molar-refractivity contribution >= 4 is 22.5 Å². The molecule has 2 heterocycles. The number of aliphatic hydroxyl groups is 1. The third-order valence-corrected chi connectivity index (χ3v) is 6.07. The third-order valence-electron chi connectivity index (χ3n) is 5.64. The van der Waals surface area contributed by atoms with Crippen LogP contribution in [0, 0.1) is 18.3 Å². The summed E-state index contributed by atoms with van der Waals surface area (Å²) >= 11 is 6.44. The number of aryl methyl sites for hydroxylation is 2. The van der Waals surface area contributed by atoms with Crippen LogP contribution < -0.4 is 0 Å². The first-order valence-electron chi connectivity index (χ1n) is 9.90. The Morgan fingerprint density at radius 3 is 2.36 bits per heavy atom. The second-order valence-corrected chi connectivity index (χ2v) is 8.18. The molecule has 0 fully saturated rings. The summed E-state index contributed by atoms with van der Waals surface area (Å²) in [5.74, 6) is 0. The smallest absolute Gasteiger partial charge is 0.374 e. The first kappa shape index (κ1) is 22.8. The number of hydrogen-bond acceptors (Lipinski definition) is 4. The number of aromatic nitrogens is 3. The summed E-state index contributed by atoms with van der Waals surface area (Å²) in [6.45, 7) is 1.49. The minimum absolute atomic E-state index is 0.0520. The largest absolute Gasteiger partial charge is 0.393 e. The van der Waals surface area contributed by atoms with Gasteiger partial charge in [0, 0.05) is 23.7 Å². The number of imidazole rings is 1. The van der Waals surface area contributed by atoms with Crippen molar-refractivity contribution in [2.24, 2.45) is 7.05 Å². The molecule has 0 radical (unpaired) electrons. The zero-order valence-corrected chi connectivity index (χ0v) is 18.4. The molecule has 4 aromatic rings. The van der Waals surface area contributed by atoms with E-state index in [9.17, 15) is 18.3 Å². The first-order chi connectivity index (χ1) is 15.5. The summed E-state index contributed by atoms with van der Waals surface area (Å²) in [4.78, 5) is 8.41. The van der Waals surface area contributed by atoms with Crippen LogP contribution in [0.5, 0.6) is 0 Å². The van der Waals surface area contributed by atoms with Crippen LogP contribution in [0.3, 0.4) is 0 Å². The summed E-state index contributed by atoms with van der Waals surface area (Å²) in [5.41, 5.74) is 0.473. The molecule has 0 saturated heterocycles. The SMILES string of the molecule is Cc1nc2ccc(C(O)(c3ccc(C#N)cc3)c3cncn3C)cc2c(Cl)c1CC(F)(F)F. The van der Waals surface area contributed by atoms with Crippen molar-refractivity contribution in [1.29, 1.82) is 5.26 Å². The third kappa shape index (κ3) is 4.06. The number of nitriles is 1. The van der Waals surface area contributed by atoms with Gasteiger partial charge in [-0.05, 0) is 42.3 Å². The Balaban J connectivity index is 1.97. The fraction of sp³-hybridized carbons (Fsp3) is 0.208. The van der Waals surface area contributed by atoms with Crippen molar-refractivity contribution in [3.63, 3.8) is 0 Å². The number of benzene rings is 2. The van der Waals surface area contributed by atoms with Gasteiger partial charge >= 0.3 is 6.18 Å². The van der Waals surface area contributed by atoms with Crippen LogP contribution in [0.4, 0.5) is 13.2 Å². The Bertz CT molecular complexity index is 1390. The molecule has 0 aliphatic rings. The molecular formula is C24H18ClF3N4O. The van der Waals surface area contributed by atoms with Gasteiger partial charge in [0.15, 0.2) is 5.60 Å². The lowest BCUT2D eigenvalue weighted by Gasteiger charge is -2.30. The fourth-order valence-corrected chi connectivity index (χ4v) is 4.32.